The molecule has 1 aromatic heterocycles. The first-order valence-electron chi connectivity index (χ1n) is 10.4. The summed E-state index contributed by atoms with van der Waals surface area (Å²) in [7, 11) is 0. The topological polar surface area (TPSA) is 70.1 Å². The number of aliphatic hydroxyl groups excluding tert-OH is 1. The summed E-state index contributed by atoms with van der Waals surface area (Å²) in [6.07, 6.45) is 1.66. The summed E-state index contributed by atoms with van der Waals surface area (Å²) in [5.74, 6) is -0.621. The molecule has 164 valence electrons. The van der Waals surface area contributed by atoms with Gasteiger partial charge in [0.2, 0.25) is 5.78 Å². The summed E-state index contributed by atoms with van der Waals surface area (Å²) in [5, 5.41) is 12.5. The van der Waals surface area contributed by atoms with Gasteiger partial charge in [-0.15, -0.1) is 11.3 Å². The van der Waals surface area contributed by atoms with Crippen molar-refractivity contribution in [2.75, 3.05) is 32.8 Å². The molecule has 0 spiro atoms. The predicted octanol–water partition coefficient (Wildman–Crippen LogP) is 4.23. The fourth-order valence-electron chi connectivity index (χ4n) is 3.69. The van der Waals surface area contributed by atoms with Gasteiger partial charge in [0.25, 0.3) is 5.91 Å². The summed E-state index contributed by atoms with van der Waals surface area (Å²) in [4.78, 5) is 30.5. The van der Waals surface area contributed by atoms with E-state index in [0.717, 1.165) is 18.7 Å². The van der Waals surface area contributed by atoms with Crippen molar-refractivity contribution in [3.63, 3.8) is 0 Å². The number of benzene rings is 1. The maximum absolute atomic E-state index is 13.2. The zero-order valence-corrected chi connectivity index (χ0v) is 18.7. The lowest BCUT2D eigenvalue weighted by Crippen LogP contribution is -2.38. The van der Waals surface area contributed by atoms with Crippen molar-refractivity contribution < 1.29 is 19.4 Å². The normalized spacial score (nSPS) is 16.3. The lowest BCUT2D eigenvalue weighted by molar-refractivity contribution is -0.129. The number of hydrogen-bond acceptors (Lipinski definition) is 6. The van der Waals surface area contributed by atoms with E-state index in [0.29, 0.717) is 30.3 Å². The molecule has 0 radical (unpaired) electrons. The number of likely N-dealkylation sites (N-methyl/N-ethyl adjacent to an activating group) is 1. The highest BCUT2D eigenvalue weighted by Crippen LogP contribution is 2.39. The highest BCUT2D eigenvalue weighted by Gasteiger charge is 2.43. The van der Waals surface area contributed by atoms with Gasteiger partial charge in [-0.25, -0.2) is 0 Å². The predicted molar refractivity (Wildman–Crippen MR) is 123 cm³/mol. The van der Waals surface area contributed by atoms with Gasteiger partial charge >= 0.3 is 0 Å². The Hall–Kier alpha value is -2.90. The minimum atomic E-state index is -0.647. The molecule has 7 heteroatoms. The number of amides is 1. The van der Waals surface area contributed by atoms with Crippen LogP contribution >= 0.6 is 11.3 Å². The van der Waals surface area contributed by atoms with Gasteiger partial charge in [0.15, 0.2) is 5.76 Å². The van der Waals surface area contributed by atoms with Crippen molar-refractivity contribution in [1.82, 2.24) is 9.80 Å². The minimum absolute atomic E-state index is 0.131. The third-order valence-corrected chi connectivity index (χ3v) is 6.28. The molecule has 31 heavy (non-hydrogen) atoms. The van der Waals surface area contributed by atoms with Gasteiger partial charge in [0.05, 0.1) is 16.5 Å². The number of Topliss-reactive ketones (excluding diaryl/α,β-unsaturated/α-hetero) is 1. The van der Waals surface area contributed by atoms with Gasteiger partial charge in [-0.1, -0.05) is 44.7 Å². The fraction of sp³-hybridized carbons (Fsp3) is 0.333. The second-order valence-electron chi connectivity index (χ2n) is 7.17. The van der Waals surface area contributed by atoms with Crippen molar-refractivity contribution in [2.45, 2.75) is 19.9 Å². The molecule has 1 atom stereocenters. The first-order valence-corrected chi connectivity index (χ1v) is 11.3. The van der Waals surface area contributed by atoms with Crippen LogP contribution in [0.25, 0.3) is 0 Å². The Labute approximate surface area is 187 Å². The maximum Gasteiger partial charge on any atom is 0.290 e. The average molecular weight is 441 g/mol. The Morgan fingerprint density at radius 2 is 1.97 bits per heavy atom. The number of aliphatic hydroxyl groups is 1. The van der Waals surface area contributed by atoms with E-state index in [1.807, 2.05) is 12.1 Å². The first-order chi connectivity index (χ1) is 15.0. The average Bonchev–Trinajstić information content (AvgIpc) is 3.41. The molecule has 0 saturated carbocycles. The Morgan fingerprint density at radius 3 is 2.55 bits per heavy atom. The second-order valence-corrected chi connectivity index (χ2v) is 8.11. The van der Waals surface area contributed by atoms with Crippen LogP contribution < -0.4 is 4.74 Å². The maximum atomic E-state index is 13.2. The molecule has 0 unspecified atom stereocenters. The molecule has 3 rings (SSSR count). The van der Waals surface area contributed by atoms with Crippen LogP contribution in [0.5, 0.6) is 5.75 Å². The number of hydrogen-bond donors (Lipinski definition) is 1. The number of rotatable bonds is 11. The molecular weight excluding hydrogens is 412 g/mol. The van der Waals surface area contributed by atoms with Gasteiger partial charge < -0.3 is 19.6 Å². The van der Waals surface area contributed by atoms with E-state index in [4.69, 9.17) is 4.74 Å². The number of carbonyl (C=O) groups excluding carboxylic acids is 2. The molecule has 2 aromatic rings. The third kappa shape index (κ3) is 4.89. The molecule has 1 aliphatic heterocycles. The number of ketones is 1. The molecule has 0 fully saturated rings. The van der Waals surface area contributed by atoms with E-state index in [9.17, 15) is 14.7 Å². The van der Waals surface area contributed by atoms with Crippen molar-refractivity contribution in [2.24, 2.45) is 0 Å². The molecular formula is C24H28N2O4S. The molecule has 6 nitrogen and oxygen atoms in total. The number of nitrogens with zero attached hydrogens (tertiary/aromatic N) is 2. The van der Waals surface area contributed by atoms with E-state index < -0.39 is 17.7 Å². The Morgan fingerprint density at radius 1 is 1.26 bits per heavy atom. The van der Waals surface area contributed by atoms with Crippen LogP contribution in [0.2, 0.25) is 0 Å². The smallest absolute Gasteiger partial charge is 0.290 e. The van der Waals surface area contributed by atoms with Gasteiger partial charge in [-0.05, 0) is 42.2 Å². The van der Waals surface area contributed by atoms with Crippen molar-refractivity contribution >= 4 is 23.0 Å². The van der Waals surface area contributed by atoms with E-state index >= 15 is 0 Å². The van der Waals surface area contributed by atoms with Gasteiger partial charge in [-0.2, -0.15) is 0 Å². The van der Waals surface area contributed by atoms with Crippen LogP contribution in [0.1, 0.15) is 35.1 Å². The molecule has 1 aliphatic rings. The third-order valence-electron chi connectivity index (χ3n) is 5.41. The molecule has 1 N–H and O–H groups in total. The first kappa shape index (κ1) is 22.8. The summed E-state index contributed by atoms with van der Waals surface area (Å²) in [6, 6.07) is 10.1. The molecule has 0 aliphatic carbocycles. The summed E-state index contributed by atoms with van der Waals surface area (Å²) in [5.41, 5.74) is 0.884. The Bertz CT molecular complexity index is 946. The Kier molecular flexibility index (Phi) is 7.65. The van der Waals surface area contributed by atoms with Crippen LogP contribution in [-0.2, 0) is 4.79 Å². The molecule has 1 aromatic carbocycles. The van der Waals surface area contributed by atoms with Crippen LogP contribution in [-0.4, -0.2) is 59.4 Å². The van der Waals surface area contributed by atoms with Crippen LogP contribution in [0.4, 0.5) is 0 Å². The minimum Gasteiger partial charge on any atom is -0.503 e. The number of thiophene rings is 1. The lowest BCUT2D eigenvalue weighted by atomic mass is 9.95. The highest BCUT2D eigenvalue weighted by atomic mass is 32.1. The van der Waals surface area contributed by atoms with Gasteiger partial charge in [-0.3, -0.25) is 9.59 Å². The SMILES string of the molecule is C=CCOc1ccc([C@@H]2C(C(=O)c3cccs3)=C(O)C(=O)N2CCN(CC)CC)cc1. The van der Waals surface area contributed by atoms with E-state index in [1.165, 1.54) is 11.3 Å². The molecule has 2 heterocycles. The van der Waals surface area contributed by atoms with E-state index in [1.54, 1.807) is 40.6 Å². The van der Waals surface area contributed by atoms with Crippen molar-refractivity contribution in [1.29, 1.82) is 0 Å². The standard InChI is InChI=1S/C24H28N2O4S/c1-4-15-30-18-11-9-17(10-12-18)21-20(22(27)19-8-7-16-31-19)23(28)24(29)26(21)14-13-25(5-2)6-3/h4,7-12,16,21,28H,1,5-6,13-15H2,2-3H3/t21-/m1/s1. The summed E-state index contributed by atoms with van der Waals surface area (Å²) < 4.78 is 5.55. The zero-order valence-electron chi connectivity index (χ0n) is 17.9. The van der Waals surface area contributed by atoms with Gasteiger partial charge in [0.1, 0.15) is 12.4 Å². The lowest BCUT2D eigenvalue weighted by Gasteiger charge is -2.29. The van der Waals surface area contributed by atoms with Crippen molar-refractivity contribution in [3.8, 4) is 5.75 Å². The largest absolute Gasteiger partial charge is 0.503 e. The zero-order chi connectivity index (χ0) is 22.4. The highest BCUT2D eigenvalue weighted by molar-refractivity contribution is 7.12. The van der Waals surface area contributed by atoms with Gasteiger partial charge in [0, 0.05) is 13.1 Å². The molecule has 0 saturated heterocycles. The van der Waals surface area contributed by atoms with Crippen LogP contribution in [0, 0.1) is 0 Å². The summed E-state index contributed by atoms with van der Waals surface area (Å²) >= 11 is 1.29. The quantitative estimate of drug-likeness (QED) is 0.418. The van der Waals surface area contributed by atoms with Crippen LogP contribution in [0.15, 0.2) is 65.8 Å². The number of ether oxygens (including phenoxy) is 1. The summed E-state index contributed by atoms with van der Waals surface area (Å²) in [6.45, 7) is 10.9. The number of carbonyl (C=O) groups is 2. The second kappa shape index (κ2) is 10.4. The van der Waals surface area contributed by atoms with Crippen molar-refractivity contribution in [3.05, 3.63) is 76.2 Å². The molecule has 0 bridgehead atoms. The van der Waals surface area contributed by atoms with Crippen LogP contribution in [0.3, 0.4) is 0 Å². The Balaban J connectivity index is 1.96. The molecule has 1 amide bonds. The fourth-order valence-corrected chi connectivity index (χ4v) is 4.37. The monoisotopic (exact) mass is 440 g/mol. The van der Waals surface area contributed by atoms with E-state index in [-0.39, 0.29) is 11.4 Å². The van der Waals surface area contributed by atoms with E-state index in [2.05, 4.69) is 25.3 Å².